The van der Waals surface area contributed by atoms with Gasteiger partial charge in [0.25, 0.3) is 0 Å². The SMILES string of the molecule is CCOC(=O)[C@H](CO)NC(=O)[C@@H](N)CCCCN. The molecule has 0 bridgehead atoms. The highest BCUT2D eigenvalue weighted by molar-refractivity contribution is 5.87. The third kappa shape index (κ3) is 6.53. The van der Waals surface area contributed by atoms with Gasteiger partial charge in [-0.2, -0.15) is 0 Å². The number of amides is 1. The van der Waals surface area contributed by atoms with Crippen LogP contribution >= 0.6 is 0 Å². The van der Waals surface area contributed by atoms with Gasteiger partial charge in [0.15, 0.2) is 6.04 Å². The Morgan fingerprint density at radius 3 is 2.56 bits per heavy atom. The van der Waals surface area contributed by atoms with Gasteiger partial charge >= 0.3 is 5.97 Å². The largest absolute Gasteiger partial charge is 0.464 e. The molecule has 106 valence electrons. The monoisotopic (exact) mass is 261 g/mol. The molecule has 1 amide bonds. The molecule has 2 atom stereocenters. The number of rotatable bonds is 9. The summed E-state index contributed by atoms with van der Waals surface area (Å²) in [5, 5.41) is 11.4. The normalized spacial score (nSPS) is 13.8. The van der Waals surface area contributed by atoms with E-state index in [0.717, 1.165) is 12.8 Å². The van der Waals surface area contributed by atoms with E-state index < -0.39 is 30.6 Å². The van der Waals surface area contributed by atoms with Crippen molar-refractivity contribution in [2.75, 3.05) is 19.8 Å². The Morgan fingerprint density at radius 1 is 1.39 bits per heavy atom. The number of esters is 1. The molecule has 18 heavy (non-hydrogen) atoms. The Balaban J connectivity index is 4.12. The molecule has 6 N–H and O–H groups in total. The molecule has 7 heteroatoms. The molecular weight excluding hydrogens is 238 g/mol. The van der Waals surface area contributed by atoms with Gasteiger partial charge in [-0.3, -0.25) is 4.79 Å². The number of nitrogens with one attached hydrogen (secondary N) is 1. The first-order valence-electron chi connectivity index (χ1n) is 6.10. The number of unbranched alkanes of at least 4 members (excludes halogenated alkanes) is 1. The van der Waals surface area contributed by atoms with Crippen molar-refractivity contribution in [1.29, 1.82) is 0 Å². The van der Waals surface area contributed by atoms with E-state index in [0.29, 0.717) is 13.0 Å². The lowest BCUT2D eigenvalue weighted by molar-refractivity contribution is -0.148. The second-order valence-electron chi connectivity index (χ2n) is 3.89. The third-order valence-corrected chi connectivity index (χ3v) is 2.38. The van der Waals surface area contributed by atoms with Gasteiger partial charge in [-0.05, 0) is 26.3 Å². The van der Waals surface area contributed by atoms with Crippen molar-refractivity contribution in [3.8, 4) is 0 Å². The molecule has 0 unspecified atom stereocenters. The van der Waals surface area contributed by atoms with E-state index in [2.05, 4.69) is 5.32 Å². The maximum Gasteiger partial charge on any atom is 0.331 e. The molecule has 0 aliphatic heterocycles. The number of aliphatic hydroxyl groups excluding tert-OH is 1. The predicted octanol–water partition coefficient (Wildman–Crippen LogP) is -1.52. The third-order valence-electron chi connectivity index (χ3n) is 2.38. The standard InChI is InChI=1S/C11H23N3O4/c1-2-18-11(17)9(7-15)14-10(16)8(13)5-3-4-6-12/h8-9,15H,2-7,12-13H2,1H3,(H,14,16)/t8-,9-/m0/s1. The van der Waals surface area contributed by atoms with Crippen LogP contribution in [-0.4, -0.2) is 48.8 Å². The lowest BCUT2D eigenvalue weighted by atomic mass is 10.1. The Kier molecular flexibility index (Phi) is 9.17. The summed E-state index contributed by atoms with van der Waals surface area (Å²) in [4.78, 5) is 23.0. The van der Waals surface area contributed by atoms with Crippen LogP contribution in [0, 0.1) is 0 Å². The molecule has 0 saturated heterocycles. The van der Waals surface area contributed by atoms with Crippen molar-refractivity contribution >= 4 is 11.9 Å². The van der Waals surface area contributed by atoms with Gasteiger partial charge in [0.1, 0.15) is 0 Å². The summed E-state index contributed by atoms with van der Waals surface area (Å²) >= 11 is 0. The zero-order chi connectivity index (χ0) is 14.0. The van der Waals surface area contributed by atoms with E-state index >= 15 is 0 Å². The van der Waals surface area contributed by atoms with Crippen LogP contribution in [0.25, 0.3) is 0 Å². The summed E-state index contributed by atoms with van der Waals surface area (Å²) in [6.07, 6.45) is 2.03. The fraction of sp³-hybridized carbons (Fsp3) is 0.818. The van der Waals surface area contributed by atoms with Crippen LogP contribution in [0.5, 0.6) is 0 Å². The fourth-order valence-corrected chi connectivity index (χ4v) is 1.34. The number of aliphatic hydroxyl groups is 1. The summed E-state index contributed by atoms with van der Waals surface area (Å²) in [5.41, 5.74) is 11.0. The van der Waals surface area contributed by atoms with Crippen molar-refractivity contribution in [1.82, 2.24) is 5.32 Å². The minimum atomic E-state index is -1.06. The highest BCUT2D eigenvalue weighted by atomic mass is 16.5. The lowest BCUT2D eigenvalue weighted by Gasteiger charge is -2.17. The van der Waals surface area contributed by atoms with Crippen molar-refractivity contribution in [2.45, 2.75) is 38.3 Å². The van der Waals surface area contributed by atoms with Crippen LogP contribution in [0.2, 0.25) is 0 Å². The van der Waals surface area contributed by atoms with Crippen LogP contribution in [-0.2, 0) is 14.3 Å². The Morgan fingerprint density at radius 2 is 2.06 bits per heavy atom. The molecule has 0 spiro atoms. The molecule has 0 heterocycles. The summed E-state index contributed by atoms with van der Waals surface area (Å²) in [6, 6.07) is -1.77. The number of hydrogen-bond donors (Lipinski definition) is 4. The number of carbonyl (C=O) groups is 2. The van der Waals surface area contributed by atoms with Crippen LogP contribution in [0.3, 0.4) is 0 Å². The number of carbonyl (C=O) groups excluding carboxylic acids is 2. The van der Waals surface area contributed by atoms with Crippen molar-refractivity contribution < 1.29 is 19.4 Å². The minimum absolute atomic E-state index is 0.188. The molecule has 0 aliphatic carbocycles. The second kappa shape index (κ2) is 9.81. The van der Waals surface area contributed by atoms with Crippen LogP contribution in [0.15, 0.2) is 0 Å². The van der Waals surface area contributed by atoms with Crippen molar-refractivity contribution in [3.05, 3.63) is 0 Å². The molecule has 0 aromatic rings. The zero-order valence-corrected chi connectivity index (χ0v) is 10.7. The van der Waals surface area contributed by atoms with E-state index in [9.17, 15) is 9.59 Å². The Bertz CT molecular complexity index is 261. The van der Waals surface area contributed by atoms with Crippen LogP contribution < -0.4 is 16.8 Å². The van der Waals surface area contributed by atoms with Gasteiger partial charge in [-0.1, -0.05) is 6.42 Å². The summed E-state index contributed by atoms with van der Waals surface area (Å²) in [5.74, 6) is -1.14. The number of ether oxygens (including phenoxy) is 1. The number of nitrogens with two attached hydrogens (primary N) is 2. The highest BCUT2D eigenvalue weighted by Gasteiger charge is 2.23. The maximum absolute atomic E-state index is 11.6. The van der Waals surface area contributed by atoms with Gasteiger partial charge in [-0.15, -0.1) is 0 Å². The predicted molar refractivity (Wildman–Crippen MR) is 66.5 cm³/mol. The lowest BCUT2D eigenvalue weighted by Crippen LogP contribution is -2.50. The van der Waals surface area contributed by atoms with E-state index in [4.69, 9.17) is 21.3 Å². The second-order valence-corrected chi connectivity index (χ2v) is 3.89. The molecule has 0 radical (unpaired) electrons. The zero-order valence-electron chi connectivity index (χ0n) is 10.7. The first-order chi connectivity index (χ1) is 8.56. The van der Waals surface area contributed by atoms with E-state index in [1.165, 1.54) is 0 Å². The minimum Gasteiger partial charge on any atom is -0.464 e. The summed E-state index contributed by atoms with van der Waals surface area (Å²) < 4.78 is 4.70. The average molecular weight is 261 g/mol. The summed E-state index contributed by atoms with van der Waals surface area (Å²) in [7, 11) is 0. The van der Waals surface area contributed by atoms with Crippen molar-refractivity contribution in [2.24, 2.45) is 11.5 Å². The van der Waals surface area contributed by atoms with Crippen molar-refractivity contribution in [3.63, 3.8) is 0 Å². The molecule has 7 nitrogen and oxygen atoms in total. The van der Waals surface area contributed by atoms with Gasteiger partial charge in [0.2, 0.25) is 5.91 Å². The first kappa shape index (κ1) is 16.8. The average Bonchev–Trinajstić information content (AvgIpc) is 2.35. The van der Waals surface area contributed by atoms with E-state index in [1.807, 2.05) is 0 Å². The van der Waals surface area contributed by atoms with Crippen LogP contribution in [0.1, 0.15) is 26.2 Å². The topological polar surface area (TPSA) is 128 Å². The van der Waals surface area contributed by atoms with E-state index in [-0.39, 0.29) is 6.61 Å². The highest BCUT2D eigenvalue weighted by Crippen LogP contribution is 1.99. The molecule has 0 rings (SSSR count). The molecular formula is C11H23N3O4. The number of hydrogen-bond acceptors (Lipinski definition) is 6. The maximum atomic E-state index is 11.6. The molecule has 0 aliphatic rings. The Labute approximate surface area is 107 Å². The molecule has 0 aromatic carbocycles. The molecule has 0 aromatic heterocycles. The first-order valence-corrected chi connectivity index (χ1v) is 6.10. The molecule has 0 fully saturated rings. The van der Waals surface area contributed by atoms with Gasteiger partial charge in [-0.25, -0.2) is 4.79 Å². The van der Waals surface area contributed by atoms with Gasteiger partial charge in [0.05, 0.1) is 19.3 Å². The molecule has 0 saturated carbocycles. The smallest absolute Gasteiger partial charge is 0.331 e. The fourth-order valence-electron chi connectivity index (χ4n) is 1.34. The quantitative estimate of drug-likeness (QED) is 0.295. The van der Waals surface area contributed by atoms with Crippen LogP contribution in [0.4, 0.5) is 0 Å². The van der Waals surface area contributed by atoms with Gasteiger partial charge in [0, 0.05) is 0 Å². The van der Waals surface area contributed by atoms with E-state index in [1.54, 1.807) is 6.92 Å². The summed E-state index contributed by atoms with van der Waals surface area (Å²) in [6.45, 7) is 1.87. The van der Waals surface area contributed by atoms with Gasteiger partial charge < -0.3 is 26.6 Å². The Hall–Kier alpha value is -1.18.